The first-order chi connectivity index (χ1) is 11.9. The Balaban J connectivity index is 1.76. The molecule has 0 bridgehead atoms. The molecule has 0 fully saturated rings. The number of aryl methyl sites for hydroxylation is 4. The van der Waals surface area contributed by atoms with Crippen molar-refractivity contribution in [1.82, 2.24) is 20.3 Å². The Morgan fingerprint density at radius 1 is 1.04 bits per heavy atom. The van der Waals surface area contributed by atoms with Crippen LogP contribution in [0, 0.1) is 27.7 Å². The van der Waals surface area contributed by atoms with Gasteiger partial charge in [0.15, 0.2) is 0 Å². The van der Waals surface area contributed by atoms with Crippen LogP contribution in [0.15, 0.2) is 30.3 Å². The second kappa shape index (κ2) is 7.11. The largest absolute Gasteiger partial charge is 0.345 e. The van der Waals surface area contributed by atoms with Gasteiger partial charge in [-0.1, -0.05) is 12.1 Å². The summed E-state index contributed by atoms with van der Waals surface area (Å²) in [6.07, 6.45) is 0. The van der Waals surface area contributed by atoms with Crippen molar-refractivity contribution in [2.75, 3.05) is 0 Å². The summed E-state index contributed by atoms with van der Waals surface area (Å²) in [5.74, 6) is 0.486. The first-order valence-electron chi connectivity index (χ1n) is 8.06. The molecule has 25 heavy (non-hydrogen) atoms. The maximum absolute atomic E-state index is 12.5. The van der Waals surface area contributed by atoms with E-state index in [0.29, 0.717) is 17.9 Å². The second-order valence-electron chi connectivity index (χ2n) is 5.98. The highest BCUT2D eigenvalue weighted by atomic mass is 32.1. The highest BCUT2D eigenvalue weighted by molar-refractivity contribution is 7.15. The molecule has 2 heterocycles. The van der Waals surface area contributed by atoms with Gasteiger partial charge in [0.1, 0.15) is 5.82 Å². The lowest BCUT2D eigenvalue weighted by Gasteiger charge is -2.07. The van der Waals surface area contributed by atoms with E-state index in [9.17, 15) is 4.79 Å². The molecule has 3 rings (SSSR count). The fourth-order valence-corrected chi connectivity index (χ4v) is 3.66. The van der Waals surface area contributed by atoms with E-state index in [0.717, 1.165) is 32.5 Å². The molecule has 6 heteroatoms. The molecule has 5 nitrogen and oxygen atoms in total. The van der Waals surface area contributed by atoms with Crippen LogP contribution >= 0.6 is 11.3 Å². The van der Waals surface area contributed by atoms with Crippen molar-refractivity contribution < 1.29 is 4.79 Å². The highest BCUT2D eigenvalue weighted by Gasteiger charge is 2.11. The number of rotatable bonds is 4. The first kappa shape index (κ1) is 17.2. The van der Waals surface area contributed by atoms with Gasteiger partial charge in [0, 0.05) is 17.0 Å². The molecule has 0 aliphatic rings. The third-order valence-corrected chi connectivity index (χ3v) is 4.85. The fraction of sp³-hybridized carbons (Fsp3) is 0.263. The topological polar surface area (TPSA) is 67.8 Å². The van der Waals surface area contributed by atoms with E-state index >= 15 is 0 Å². The Morgan fingerprint density at radius 3 is 2.40 bits per heavy atom. The van der Waals surface area contributed by atoms with E-state index in [1.165, 1.54) is 0 Å². The third-order valence-electron chi connectivity index (χ3n) is 3.73. The van der Waals surface area contributed by atoms with Crippen molar-refractivity contribution in [2.45, 2.75) is 34.2 Å². The van der Waals surface area contributed by atoms with Crippen LogP contribution in [0.25, 0.3) is 10.4 Å². The number of carbonyl (C=O) groups is 1. The molecular weight excluding hydrogens is 332 g/mol. The quantitative estimate of drug-likeness (QED) is 0.776. The lowest BCUT2D eigenvalue weighted by Crippen LogP contribution is -2.24. The minimum atomic E-state index is -0.136. The second-order valence-corrected chi connectivity index (χ2v) is 7.18. The van der Waals surface area contributed by atoms with Crippen molar-refractivity contribution in [3.8, 4) is 10.4 Å². The number of benzene rings is 1. The minimum absolute atomic E-state index is 0.136. The molecule has 1 N–H and O–H groups in total. The average molecular weight is 352 g/mol. The summed E-state index contributed by atoms with van der Waals surface area (Å²) < 4.78 is 0. The van der Waals surface area contributed by atoms with E-state index in [4.69, 9.17) is 0 Å². The van der Waals surface area contributed by atoms with Crippen molar-refractivity contribution >= 4 is 17.2 Å². The third kappa shape index (κ3) is 4.09. The van der Waals surface area contributed by atoms with Gasteiger partial charge in [0.25, 0.3) is 5.91 Å². The van der Waals surface area contributed by atoms with Crippen molar-refractivity contribution in [3.05, 3.63) is 63.8 Å². The number of nitrogens with zero attached hydrogens (tertiary/aromatic N) is 3. The Bertz CT molecular complexity index is 913. The molecule has 2 aromatic heterocycles. The van der Waals surface area contributed by atoms with Gasteiger partial charge in [-0.05, 0) is 51.5 Å². The van der Waals surface area contributed by atoms with Gasteiger partial charge in [-0.25, -0.2) is 15.0 Å². The van der Waals surface area contributed by atoms with Crippen LogP contribution < -0.4 is 5.32 Å². The summed E-state index contributed by atoms with van der Waals surface area (Å²) in [5, 5.41) is 3.91. The van der Waals surface area contributed by atoms with Crippen LogP contribution in [0.5, 0.6) is 0 Å². The van der Waals surface area contributed by atoms with E-state index in [-0.39, 0.29) is 5.91 Å². The van der Waals surface area contributed by atoms with E-state index < -0.39 is 0 Å². The predicted molar refractivity (Wildman–Crippen MR) is 99.7 cm³/mol. The van der Waals surface area contributed by atoms with Crippen molar-refractivity contribution in [1.29, 1.82) is 0 Å². The number of nitrogens with one attached hydrogen (secondary N) is 1. The summed E-state index contributed by atoms with van der Waals surface area (Å²) >= 11 is 1.64. The van der Waals surface area contributed by atoms with Gasteiger partial charge in [-0.2, -0.15) is 0 Å². The van der Waals surface area contributed by atoms with E-state index in [2.05, 4.69) is 20.3 Å². The molecule has 0 spiro atoms. The summed E-state index contributed by atoms with van der Waals surface area (Å²) in [5.41, 5.74) is 4.42. The van der Waals surface area contributed by atoms with E-state index in [1.54, 1.807) is 11.3 Å². The van der Waals surface area contributed by atoms with E-state index in [1.807, 2.05) is 58.0 Å². The number of thiazole rings is 1. The van der Waals surface area contributed by atoms with Crippen LogP contribution in [0.4, 0.5) is 0 Å². The van der Waals surface area contributed by atoms with Gasteiger partial charge in [0.05, 0.1) is 22.1 Å². The van der Waals surface area contributed by atoms with Gasteiger partial charge in [-0.3, -0.25) is 4.79 Å². The number of carbonyl (C=O) groups excluding carboxylic acids is 1. The van der Waals surface area contributed by atoms with Gasteiger partial charge < -0.3 is 5.32 Å². The predicted octanol–water partition coefficient (Wildman–Crippen LogP) is 3.76. The molecule has 0 atom stereocenters. The normalized spacial score (nSPS) is 10.7. The van der Waals surface area contributed by atoms with Gasteiger partial charge in [0.2, 0.25) is 0 Å². The number of hydrogen-bond acceptors (Lipinski definition) is 5. The summed E-state index contributed by atoms with van der Waals surface area (Å²) in [6.45, 7) is 8.13. The summed E-state index contributed by atoms with van der Waals surface area (Å²) in [4.78, 5) is 26.7. The molecule has 0 unspecified atom stereocenters. The van der Waals surface area contributed by atoms with Crippen LogP contribution in [-0.2, 0) is 6.54 Å². The SMILES string of the molecule is Cc1cc(C)nc(CNC(=O)c2cccc(-c3sc(C)nc3C)c2)n1. The molecule has 1 amide bonds. The molecule has 128 valence electrons. The standard InChI is InChI=1S/C19H20N4OS/c1-11-8-12(2)22-17(21-11)10-20-19(24)16-7-5-6-15(9-16)18-13(3)23-14(4)25-18/h5-9H,10H2,1-4H3,(H,20,24). The zero-order chi connectivity index (χ0) is 18.0. The average Bonchev–Trinajstić information content (AvgIpc) is 2.90. The minimum Gasteiger partial charge on any atom is -0.345 e. The first-order valence-corrected chi connectivity index (χ1v) is 8.88. The lowest BCUT2D eigenvalue weighted by molar-refractivity contribution is 0.0950. The number of hydrogen-bond donors (Lipinski definition) is 1. The number of aromatic nitrogens is 3. The van der Waals surface area contributed by atoms with Crippen molar-refractivity contribution in [2.24, 2.45) is 0 Å². The maximum Gasteiger partial charge on any atom is 0.251 e. The molecule has 0 aliphatic carbocycles. The Hall–Kier alpha value is -2.60. The summed E-state index contributed by atoms with van der Waals surface area (Å²) in [6, 6.07) is 9.52. The molecular formula is C19H20N4OS. The van der Waals surface area contributed by atoms with Crippen LogP contribution in [0.1, 0.15) is 38.3 Å². The molecule has 0 aliphatic heterocycles. The zero-order valence-corrected chi connectivity index (χ0v) is 15.6. The summed E-state index contributed by atoms with van der Waals surface area (Å²) in [7, 11) is 0. The molecule has 3 aromatic rings. The Kier molecular flexibility index (Phi) is 4.90. The monoisotopic (exact) mass is 352 g/mol. The number of amides is 1. The van der Waals surface area contributed by atoms with Crippen molar-refractivity contribution in [3.63, 3.8) is 0 Å². The maximum atomic E-state index is 12.5. The molecule has 0 radical (unpaired) electrons. The smallest absolute Gasteiger partial charge is 0.251 e. The lowest BCUT2D eigenvalue weighted by atomic mass is 10.1. The van der Waals surface area contributed by atoms with Gasteiger partial charge >= 0.3 is 0 Å². The van der Waals surface area contributed by atoms with Crippen LogP contribution in [0.3, 0.4) is 0 Å². The van der Waals surface area contributed by atoms with Gasteiger partial charge in [-0.15, -0.1) is 11.3 Å². The highest BCUT2D eigenvalue weighted by Crippen LogP contribution is 2.30. The Morgan fingerprint density at radius 2 is 1.76 bits per heavy atom. The molecule has 0 saturated heterocycles. The van der Waals surface area contributed by atoms with Crippen LogP contribution in [0.2, 0.25) is 0 Å². The molecule has 1 aromatic carbocycles. The molecule has 0 saturated carbocycles. The van der Waals surface area contributed by atoms with Crippen LogP contribution in [-0.4, -0.2) is 20.9 Å². The Labute approximate surface area is 151 Å². The fourth-order valence-electron chi connectivity index (χ4n) is 2.74. The zero-order valence-electron chi connectivity index (χ0n) is 14.8.